The third-order valence-electron chi connectivity index (χ3n) is 2.45. The largest absolute Gasteiger partial charge is 0.384 e. The summed E-state index contributed by atoms with van der Waals surface area (Å²) in [6.07, 6.45) is -1.23. The summed E-state index contributed by atoms with van der Waals surface area (Å²) in [5.74, 6) is -1.11. The van der Waals surface area contributed by atoms with Crippen molar-refractivity contribution in [3.05, 3.63) is 69.2 Å². The van der Waals surface area contributed by atoms with Gasteiger partial charge in [-0.05, 0) is 42.0 Å². The van der Waals surface area contributed by atoms with Crippen molar-refractivity contribution in [3.63, 3.8) is 0 Å². The van der Waals surface area contributed by atoms with Crippen LogP contribution in [0.5, 0.6) is 0 Å². The SMILES string of the molecule is OC(c1cc(F)cc(Cl)c1)c1cc(F)ccc1Cl. The fourth-order valence-corrected chi connectivity index (χ4v) is 2.09. The molecular weight excluding hydrogens is 281 g/mol. The highest BCUT2D eigenvalue weighted by atomic mass is 35.5. The van der Waals surface area contributed by atoms with Gasteiger partial charge in [0.2, 0.25) is 0 Å². The molecule has 2 rings (SSSR count). The van der Waals surface area contributed by atoms with E-state index in [-0.39, 0.29) is 21.2 Å². The van der Waals surface area contributed by atoms with Crippen LogP contribution in [-0.4, -0.2) is 5.11 Å². The van der Waals surface area contributed by atoms with Gasteiger partial charge in [0, 0.05) is 15.6 Å². The first kappa shape index (κ1) is 13.3. The van der Waals surface area contributed by atoms with Crippen LogP contribution < -0.4 is 0 Å². The minimum Gasteiger partial charge on any atom is -0.384 e. The zero-order valence-corrected chi connectivity index (χ0v) is 10.5. The first-order chi connectivity index (χ1) is 8.47. The quantitative estimate of drug-likeness (QED) is 0.871. The predicted octanol–water partition coefficient (Wildman–Crippen LogP) is 4.35. The Morgan fingerprint density at radius 3 is 2.33 bits per heavy atom. The normalized spacial score (nSPS) is 12.5. The van der Waals surface area contributed by atoms with E-state index in [4.69, 9.17) is 23.2 Å². The minimum absolute atomic E-state index is 0.150. The Morgan fingerprint density at radius 2 is 1.67 bits per heavy atom. The van der Waals surface area contributed by atoms with E-state index in [2.05, 4.69) is 0 Å². The zero-order valence-electron chi connectivity index (χ0n) is 9.00. The lowest BCUT2D eigenvalue weighted by Crippen LogP contribution is -2.02. The van der Waals surface area contributed by atoms with Gasteiger partial charge in [0.15, 0.2) is 0 Å². The van der Waals surface area contributed by atoms with Crippen LogP contribution in [0.1, 0.15) is 17.2 Å². The Hall–Kier alpha value is -1.16. The second kappa shape index (κ2) is 5.22. The summed E-state index contributed by atoms with van der Waals surface area (Å²) < 4.78 is 26.3. The second-order valence-corrected chi connectivity index (χ2v) is 4.61. The van der Waals surface area contributed by atoms with Crippen LogP contribution in [0, 0.1) is 11.6 Å². The summed E-state index contributed by atoms with van der Waals surface area (Å²) in [7, 11) is 0. The second-order valence-electron chi connectivity index (χ2n) is 3.77. The molecule has 1 unspecified atom stereocenters. The van der Waals surface area contributed by atoms with E-state index >= 15 is 0 Å². The monoisotopic (exact) mass is 288 g/mol. The average Bonchev–Trinajstić information content (AvgIpc) is 2.30. The van der Waals surface area contributed by atoms with Gasteiger partial charge in [-0.25, -0.2) is 8.78 Å². The number of rotatable bonds is 2. The van der Waals surface area contributed by atoms with Gasteiger partial charge >= 0.3 is 0 Å². The fourth-order valence-electron chi connectivity index (χ4n) is 1.64. The number of hydrogen-bond acceptors (Lipinski definition) is 1. The Morgan fingerprint density at radius 1 is 0.944 bits per heavy atom. The topological polar surface area (TPSA) is 20.2 Å². The first-order valence-electron chi connectivity index (χ1n) is 5.06. The summed E-state index contributed by atoms with van der Waals surface area (Å²) in [5, 5.41) is 10.4. The highest BCUT2D eigenvalue weighted by Gasteiger charge is 2.16. The smallest absolute Gasteiger partial charge is 0.125 e. The maximum atomic E-state index is 13.2. The van der Waals surface area contributed by atoms with Gasteiger partial charge in [-0.15, -0.1) is 0 Å². The molecule has 0 radical (unpaired) electrons. The molecule has 1 atom stereocenters. The Bertz CT molecular complexity index is 567. The fraction of sp³-hybridized carbons (Fsp3) is 0.0769. The molecule has 0 aliphatic heterocycles. The van der Waals surface area contributed by atoms with Crippen LogP contribution in [0.15, 0.2) is 36.4 Å². The van der Waals surface area contributed by atoms with Crippen LogP contribution >= 0.6 is 23.2 Å². The van der Waals surface area contributed by atoms with Gasteiger partial charge in [-0.2, -0.15) is 0 Å². The van der Waals surface area contributed by atoms with Gasteiger partial charge in [0.25, 0.3) is 0 Å². The van der Waals surface area contributed by atoms with Gasteiger partial charge in [0.05, 0.1) is 0 Å². The van der Waals surface area contributed by atoms with E-state index in [1.165, 1.54) is 18.2 Å². The van der Waals surface area contributed by atoms with Crippen molar-refractivity contribution in [2.45, 2.75) is 6.10 Å². The Balaban J connectivity index is 2.47. The minimum atomic E-state index is -1.23. The molecule has 0 heterocycles. The average molecular weight is 289 g/mol. The van der Waals surface area contributed by atoms with Crippen molar-refractivity contribution < 1.29 is 13.9 Å². The van der Waals surface area contributed by atoms with E-state index in [0.717, 1.165) is 18.2 Å². The lowest BCUT2D eigenvalue weighted by atomic mass is 10.0. The van der Waals surface area contributed by atoms with E-state index in [0.29, 0.717) is 0 Å². The van der Waals surface area contributed by atoms with Gasteiger partial charge < -0.3 is 5.11 Å². The third kappa shape index (κ3) is 2.80. The molecule has 0 spiro atoms. The van der Waals surface area contributed by atoms with Crippen molar-refractivity contribution in [1.29, 1.82) is 0 Å². The molecule has 94 valence electrons. The van der Waals surface area contributed by atoms with Crippen molar-refractivity contribution in [3.8, 4) is 0 Å². The first-order valence-corrected chi connectivity index (χ1v) is 5.82. The van der Waals surface area contributed by atoms with E-state index in [1.54, 1.807) is 0 Å². The van der Waals surface area contributed by atoms with Crippen molar-refractivity contribution in [2.75, 3.05) is 0 Å². The standard InChI is InChI=1S/C13H8Cl2F2O/c14-8-3-7(4-10(17)5-8)13(18)11-6-9(16)1-2-12(11)15/h1-6,13,18H. The van der Waals surface area contributed by atoms with Crippen LogP contribution in [0.4, 0.5) is 8.78 Å². The van der Waals surface area contributed by atoms with Gasteiger partial charge in [-0.3, -0.25) is 0 Å². The molecule has 18 heavy (non-hydrogen) atoms. The molecule has 0 fully saturated rings. The lowest BCUT2D eigenvalue weighted by Gasteiger charge is -2.13. The summed E-state index contributed by atoms with van der Waals surface area (Å²) in [6.45, 7) is 0. The molecular formula is C13H8Cl2F2O. The summed E-state index contributed by atoms with van der Waals surface area (Å²) in [6, 6.07) is 7.25. The molecule has 2 aromatic carbocycles. The number of aliphatic hydroxyl groups excluding tert-OH is 1. The number of benzene rings is 2. The highest BCUT2D eigenvalue weighted by molar-refractivity contribution is 6.31. The van der Waals surface area contributed by atoms with Crippen molar-refractivity contribution in [2.24, 2.45) is 0 Å². The van der Waals surface area contributed by atoms with Gasteiger partial charge in [-0.1, -0.05) is 23.2 Å². The zero-order chi connectivity index (χ0) is 13.3. The van der Waals surface area contributed by atoms with E-state index in [9.17, 15) is 13.9 Å². The molecule has 0 amide bonds. The maximum Gasteiger partial charge on any atom is 0.125 e. The van der Waals surface area contributed by atoms with Crippen LogP contribution in [0.2, 0.25) is 10.0 Å². The molecule has 0 bridgehead atoms. The van der Waals surface area contributed by atoms with Crippen LogP contribution in [-0.2, 0) is 0 Å². The maximum absolute atomic E-state index is 13.2. The number of aliphatic hydroxyl groups is 1. The van der Waals surface area contributed by atoms with Crippen LogP contribution in [0.3, 0.4) is 0 Å². The van der Waals surface area contributed by atoms with E-state index in [1.807, 2.05) is 0 Å². The summed E-state index contributed by atoms with van der Waals surface area (Å²) >= 11 is 11.6. The molecule has 2 aromatic rings. The predicted molar refractivity (Wildman–Crippen MR) is 66.9 cm³/mol. The molecule has 0 aliphatic rings. The summed E-state index contributed by atoms with van der Waals surface area (Å²) in [5.41, 5.74) is 0.380. The van der Waals surface area contributed by atoms with Gasteiger partial charge in [0.1, 0.15) is 17.7 Å². The highest BCUT2D eigenvalue weighted by Crippen LogP contribution is 2.30. The van der Waals surface area contributed by atoms with Crippen molar-refractivity contribution >= 4 is 23.2 Å². The molecule has 1 N–H and O–H groups in total. The molecule has 5 heteroatoms. The molecule has 0 saturated heterocycles. The van der Waals surface area contributed by atoms with E-state index < -0.39 is 17.7 Å². The summed E-state index contributed by atoms with van der Waals surface area (Å²) in [4.78, 5) is 0. The molecule has 0 aromatic heterocycles. The number of halogens is 4. The number of hydrogen-bond donors (Lipinski definition) is 1. The Labute approximate surface area is 113 Å². The lowest BCUT2D eigenvalue weighted by molar-refractivity contribution is 0.219. The van der Waals surface area contributed by atoms with Crippen molar-refractivity contribution in [1.82, 2.24) is 0 Å². The molecule has 1 nitrogen and oxygen atoms in total. The third-order valence-corrected chi connectivity index (χ3v) is 3.02. The molecule has 0 aliphatic carbocycles. The Kier molecular flexibility index (Phi) is 3.85. The van der Waals surface area contributed by atoms with Crippen LogP contribution in [0.25, 0.3) is 0 Å². The molecule has 0 saturated carbocycles.